The molecule has 1 aliphatic rings. The standard InChI is InChI=1S/C18H25NO4/c1-12(2)17-15(11-19(20)21)16(23-18(17)22-13(3)4)10-14-8-6-5-7-9-14/h5-10,12-13,15,17-18H,11H2,1-4H3/b16-10-/t15-,17-,18+/m1/s1. The molecule has 0 bridgehead atoms. The van der Waals surface area contributed by atoms with Gasteiger partial charge in [-0.15, -0.1) is 0 Å². The van der Waals surface area contributed by atoms with E-state index in [1.807, 2.05) is 50.3 Å². The maximum Gasteiger partial charge on any atom is 0.214 e. The molecule has 0 spiro atoms. The van der Waals surface area contributed by atoms with Crippen molar-refractivity contribution in [3.8, 4) is 0 Å². The maximum absolute atomic E-state index is 11.1. The van der Waals surface area contributed by atoms with Crippen LogP contribution in [0.2, 0.25) is 0 Å². The zero-order valence-electron chi connectivity index (χ0n) is 14.1. The lowest BCUT2D eigenvalue weighted by Crippen LogP contribution is -2.32. The molecule has 1 saturated heterocycles. The first-order valence-electron chi connectivity index (χ1n) is 8.09. The number of nitrogens with zero attached hydrogens (tertiary/aromatic N) is 1. The van der Waals surface area contributed by atoms with Crippen molar-refractivity contribution >= 4 is 6.08 Å². The van der Waals surface area contributed by atoms with Crippen molar-refractivity contribution in [3.05, 3.63) is 51.8 Å². The van der Waals surface area contributed by atoms with Gasteiger partial charge in [-0.2, -0.15) is 0 Å². The number of rotatable bonds is 6. The van der Waals surface area contributed by atoms with Gasteiger partial charge in [-0.1, -0.05) is 44.2 Å². The van der Waals surface area contributed by atoms with E-state index in [-0.39, 0.29) is 35.3 Å². The molecule has 126 valence electrons. The first-order valence-corrected chi connectivity index (χ1v) is 8.09. The van der Waals surface area contributed by atoms with Crippen molar-refractivity contribution in [2.45, 2.75) is 40.1 Å². The molecule has 5 nitrogen and oxygen atoms in total. The highest BCUT2D eigenvalue weighted by Gasteiger charge is 2.46. The summed E-state index contributed by atoms with van der Waals surface area (Å²) in [6.45, 7) is 7.87. The summed E-state index contributed by atoms with van der Waals surface area (Å²) < 4.78 is 11.9. The molecule has 1 fully saturated rings. The molecular weight excluding hydrogens is 294 g/mol. The summed E-state index contributed by atoms with van der Waals surface area (Å²) in [6, 6.07) is 9.73. The second kappa shape index (κ2) is 7.59. The molecule has 1 aliphatic heterocycles. The van der Waals surface area contributed by atoms with Crippen LogP contribution in [0.25, 0.3) is 6.08 Å². The van der Waals surface area contributed by atoms with E-state index < -0.39 is 6.29 Å². The van der Waals surface area contributed by atoms with Crippen molar-refractivity contribution in [2.24, 2.45) is 17.8 Å². The Hall–Kier alpha value is -1.88. The summed E-state index contributed by atoms with van der Waals surface area (Å²) >= 11 is 0. The Morgan fingerprint density at radius 1 is 1.26 bits per heavy atom. The Bertz CT molecular complexity index is 553. The molecule has 0 aromatic heterocycles. The van der Waals surface area contributed by atoms with Crippen LogP contribution in [0, 0.1) is 27.9 Å². The van der Waals surface area contributed by atoms with Gasteiger partial charge in [0.25, 0.3) is 0 Å². The number of benzene rings is 1. The molecule has 0 amide bonds. The van der Waals surface area contributed by atoms with Crippen LogP contribution in [0.5, 0.6) is 0 Å². The zero-order valence-corrected chi connectivity index (χ0v) is 14.1. The summed E-state index contributed by atoms with van der Waals surface area (Å²) in [4.78, 5) is 10.9. The van der Waals surface area contributed by atoms with E-state index in [1.165, 1.54) is 0 Å². The van der Waals surface area contributed by atoms with Gasteiger partial charge in [-0.05, 0) is 31.4 Å². The van der Waals surface area contributed by atoms with Crippen LogP contribution in [-0.4, -0.2) is 23.9 Å². The molecule has 23 heavy (non-hydrogen) atoms. The Morgan fingerprint density at radius 2 is 1.91 bits per heavy atom. The SMILES string of the molecule is CC(C)O[C@H]1O/C(=C\c2ccccc2)[C@@H](C[N+](=O)[O-])[C@H]1C(C)C. The third kappa shape index (κ3) is 4.55. The van der Waals surface area contributed by atoms with Crippen molar-refractivity contribution in [1.82, 2.24) is 0 Å². The van der Waals surface area contributed by atoms with Gasteiger partial charge in [0.05, 0.1) is 12.0 Å². The molecule has 0 unspecified atom stereocenters. The third-order valence-corrected chi connectivity index (χ3v) is 4.03. The molecule has 0 saturated carbocycles. The van der Waals surface area contributed by atoms with Crippen molar-refractivity contribution < 1.29 is 14.4 Å². The fourth-order valence-electron chi connectivity index (χ4n) is 3.07. The van der Waals surface area contributed by atoms with E-state index in [0.29, 0.717) is 5.76 Å². The van der Waals surface area contributed by atoms with E-state index in [9.17, 15) is 10.1 Å². The Kier molecular flexibility index (Phi) is 5.77. The summed E-state index contributed by atoms with van der Waals surface area (Å²) in [5, 5.41) is 11.1. The molecular formula is C18H25NO4. The Balaban J connectivity index is 2.34. The molecule has 2 rings (SSSR count). The number of hydrogen-bond donors (Lipinski definition) is 0. The highest BCUT2D eigenvalue weighted by atomic mass is 16.7. The predicted molar refractivity (Wildman–Crippen MR) is 89.2 cm³/mol. The quantitative estimate of drug-likeness (QED) is 0.588. The van der Waals surface area contributed by atoms with Crippen LogP contribution < -0.4 is 0 Å². The van der Waals surface area contributed by atoms with Crippen molar-refractivity contribution in [3.63, 3.8) is 0 Å². The average molecular weight is 319 g/mol. The van der Waals surface area contributed by atoms with Gasteiger partial charge < -0.3 is 9.47 Å². The molecule has 0 N–H and O–H groups in total. The zero-order chi connectivity index (χ0) is 17.0. The fourth-order valence-corrected chi connectivity index (χ4v) is 3.07. The fraction of sp³-hybridized carbons (Fsp3) is 0.556. The van der Waals surface area contributed by atoms with Crippen LogP contribution >= 0.6 is 0 Å². The Labute approximate surface area is 137 Å². The van der Waals surface area contributed by atoms with Gasteiger partial charge in [0.2, 0.25) is 12.8 Å². The lowest BCUT2D eigenvalue weighted by molar-refractivity contribution is -0.488. The minimum Gasteiger partial charge on any atom is -0.468 e. The average Bonchev–Trinajstić information content (AvgIpc) is 2.76. The molecule has 0 radical (unpaired) electrons. The number of nitro groups is 1. The monoisotopic (exact) mass is 319 g/mol. The molecule has 1 aromatic carbocycles. The van der Waals surface area contributed by atoms with E-state index in [2.05, 4.69) is 13.8 Å². The summed E-state index contributed by atoms with van der Waals surface area (Å²) in [5.41, 5.74) is 0.976. The van der Waals surface area contributed by atoms with Crippen LogP contribution in [0.4, 0.5) is 0 Å². The minimum atomic E-state index is -0.435. The molecule has 5 heteroatoms. The van der Waals surface area contributed by atoms with Gasteiger partial charge >= 0.3 is 0 Å². The molecule has 0 aliphatic carbocycles. The topological polar surface area (TPSA) is 61.6 Å². The van der Waals surface area contributed by atoms with Crippen LogP contribution in [-0.2, 0) is 9.47 Å². The van der Waals surface area contributed by atoms with E-state index in [0.717, 1.165) is 5.56 Å². The normalized spacial score (nSPS) is 26.0. The van der Waals surface area contributed by atoms with Gasteiger partial charge in [0, 0.05) is 10.8 Å². The first kappa shape index (κ1) is 17.5. The van der Waals surface area contributed by atoms with Crippen molar-refractivity contribution in [2.75, 3.05) is 6.54 Å². The van der Waals surface area contributed by atoms with Crippen LogP contribution in [0.15, 0.2) is 36.1 Å². The van der Waals surface area contributed by atoms with Gasteiger partial charge in [-0.3, -0.25) is 10.1 Å². The van der Waals surface area contributed by atoms with Gasteiger partial charge in [-0.25, -0.2) is 0 Å². The minimum absolute atomic E-state index is 0.00795. The number of hydrogen-bond acceptors (Lipinski definition) is 4. The largest absolute Gasteiger partial charge is 0.468 e. The van der Waals surface area contributed by atoms with Crippen molar-refractivity contribution in [1.29, 1.82) is 0 Å². The third-order valence-electron chi connectivity index (χ3n) is 4.03. The maximum atomic E-state index is 11.1. The smallest absolute Gasteiger partial charge is 0.214 e. The second-order valence-electron chi connectivity index (χ2n) is 6.57. The first-order chi connectivity index (χ1) is 10.9. The predicted octanol–water partition coefficient (Wildman–Crippen LogP) is 3.97. The molecule has 3 atom stereocenters. The summed E-state index contributed by atoms with van der Waals surface area (Å²) in [6.07, 6.45) is 1.47. The lowest BCUT2D eigenvalue weighted by atomic mass is 9.83. The lowest BCUT2D eigenvalue weighted by Gasteiger charge is -2.25. The van der Waals surface area contributed by atoms with Gasteiger partial charge in [0.1, 0.15) is 5.76 Å². The summed E-state index contributed by atoms with van der Waals surface area (Å²) in [7, 11) is 0. The Morgan fingerprint density at radius 3 is 2.43 bits per heavy atom. The van der Waals surface area contributed by atoms with Gasteiger partial charge in [0.15, 0.2) is 0 Å². The highest BCUT2D eigenvalue weighted by Crippen LogP contribution is 2.42. The summed E-state index contributed by atoms with van der Waals surface area (Å²) in [5.74, 6) is 0.578. The van der Waals surface area contributed by atoms with Crippen LogP contribution in [0.3, 0.4) is 0 Å². The highest BCUT2D eigenvalue weighted by molar-refractivity contribution is 5.52. The number of ether oxygens (including phenoxy) is 2. The molecule has 1 aromatic rings. The van der Waals surface area contributed by atoms with E-state index in [1.54, 1.807) is 0 Å². The van der Waals surface area contributed by atoms with E-state index >= 15 is 0 Å². The second-order valence-corrected chi connectivity index (χ2v) is 6.57. The van der Waals surface area contributed by atoms with E-state index in [4.69, 9.17) is 9.47 Å². The molecule has 1 heterocycles. The van der Waals surface area contributed by atoms with Crippen LogP contribution in [0.1, 0.15) is 33.3 Å².